The highest BCUT2D eigenvalue weighted by Gasteiger charge is 2.50. The Morgan fingerprint density at radius 1 is 0.847 bits per heavy atom. The number of aromatic nitrogens is 3. The molecule has 7 aliphatic rings. The summed E-state index contributed by atoms with van der Waals surface area (Å²) in [7, 11) is 0. The first-order chi connectivity index (χ1) is 34.8. The van der Waals surface area contributed by atoms with Crippen LogP contribution in [-0.4, -0.2) is 132 Å². The number of rotatable bonds is 13. The average Bonchev–Trinajstić information content (AvgIpc) is 4.04. The monoisotopic (exact) mass is 990 g/mol. The molecule has 380 valence electrons. The summed E-state index contributed by atoms with van der Waals surface area (Å²) in [5.41, 5.74) is 1.28. The van der Waals surface area contributed by atoms with E-state index in [2.05, 4.69) is 35.6 Å². The van der Waals surface area contributed by atoms with E-state index in [0.29, 0.717) is 88.3 Å². The molecular formula is C54H62F4N10O4. The number of likely N-dealkylation sites (tertiary alicyclic amines) is 1. The van der Waals surface area contributed by atoms with Crippen LogP contribution in [0, 0.1) is 40.0 Å². The standard InChI is InChI=1S/C54H62F4N10O4/c1-2-37-40(55)6-3-32-19-36(69)22-38(45(32)37)47-46(58)48-39(25-59-47)50(68-27-33-4-5-34(28-68)60-33)64-52(63-48)72-30-54(9-10-54)29-66-13-11-53(12-14-66)23-31(24-53)26-65-15-17-67(18-16-65)35-20-41(56)49(42(57)21-35)61-43-7-8-44(70)62-51(43)71/h3,6,19-22,25,31,33-34,43,60-61,69H,2,4-5,7-18,23-24,26-30H2,1H3,(H,62,70,71). The van der Waals surface area contributed by atoms with Crippen molar-refractivity contribution in [3.8, 4) is 23.0 Å². The average molecular weight is 991 g/mol. The first-order valence-electron chi connectivity index (χ1n) is 26.0. The molecule has 3 unspecified atom stereocenters. The van der Waals surface area contributed by atoms with E-state index in [9.17, 15) is 14.7 Å². The maximum absolute atomic E-state index is 17.2. The molecule has 7 fully saturated rings. The van der Waals surface area contributed by atoms with Crippen molar-refractivity contribution in [3.63, 3.8) is 0 Å². The number of imide groups is 1. The molecular weight excluding hydrogens is 929 g/mol. The number of piperidine rings is 2. The summed E-state index contributed by atoms with van der Waals surface area (Å²) in [6.07, 6.45) is 11.2. The zero-order valence-corrected chi connectivity index (χ0v) is 40.7. The van der Waals surface area contributed by atoms with E-state index in [4.69, 9.17) is 14.7 Å². The molecule has 18 heteroatoms. The van der Waals surface area contributed by atoms with E-state index in [-0.39, 0.29) is 52.8 Å². The summed E-state index contributed by atoms with van der Waals surface area (Å²) in [6.45, 7) is 10.7. The Hall–Kier alpha value is -5.85. The predicted molar refractivity (Wildman–Crippen MR) is 266 cm³/mol. The van der Waals surface area contributed by atoms with Crippen LogP contribution in [0.1, 0.15) is 76.7 Å². The Labute approximate surface area is 415 Å². The number of phenols is 1. The lowest BCUT2D eigenvalue weighted by atomic mass is 9.57. The normalized spacial score (nSPS) is 24.3. The molecule has 1 spiro atoms. The zero-order valence-electron chi connectivity index (χ0n) is 40.7. The number of fused-ring (bicyclic) bond motifs is 4. The fourth-order valence-corrected chi connectivity index (χ4v) is 13.1. The van der Waals surface area contributed by atoms with Crippen molar-refractivity contribution in [2.45, 2.75) is 95.7 Å². The highest BCUT2D eigenvalue weighted by Crippen LogP contribution is 2.54. The van der Waals surface area contributed by atoms with Crippen LogP contribution in [0.3, 0.4) is 0 Å². The minimum atomic E-state index is -0.872. The molecule has 2 bridgehead atoms. The minimum absolute atomic E-state index is 0.0152. The highest BCUT2D eigenvalue weighted by atomic mass is 19.1. The Kier molecular flexibility index (Phi) is 12.2. The number of phenolic OH excluding ortho intramolecular Hbond substituents is 1. The second kappa shape index (κ2) is 18.6. The largest absolute Gasteiger partial charge is 0.508 e. The topological polar surface area (TPSA) is 151 Å². The van der Waals surface area contributed by atoms with Crippen LogP contribution >= 0.6 is 0 Å². The Morgan fingerprint density at radius 3 is 2.28 bits per heavy atom. The van der Waals surface area contributed by atoms with Crippen LogP contribution in [0.4, 0.5) is 34.8 Å². The first kappa shape index (κ1) is 47.2. The van der Waals surface area contributed by atoms with Crippen molar-refractivity contribution in [3.05, 3.63) is 71.4 Å². The summed E-state index contributed by atoms with van der Waals surface area (Å²) >= 11 is 0. The van der Waals surface area contributed by atoms with Gasteiger partial charge in [0, 0.05) is 93.7 Å². The quantitative estimate of drug-likeness (QED) is 0.0691. The van der Waals surface area contributed by atoms with Gasteiger partial charge < -0.3 is 35.2 Å². The second-order valence-electron chi connectivity index (χ2n) is 22.1. The van der Waals surface area contributed by atoms with Crippen LogP contribution < -0.4 is 30.5 Å². The van der Waals surface area contributed by atoms with Crippen molar-refractivity contribution < 1.29 is 37.0 Å². The number of halogens is 4. The van der Waals surface area contributed by atoms with E-state index in [0.717, 1.165) is 78.0 Å². The summed E-state index contributed by atoms with van der Waals surface area (Å²) < 4.78 is 69.3. The smallest absolute Gasteiger partial charge is 0.319 e. The molecule has 2 saturated carbocycles. The van der Waals surface area contributed by atoms with Crippen LogP contribution in [-0.2, 0) is 16.0 Å². The van der Waals surface area contributed by atoms with Gasteiger partial charge in [-0.15, -0.1) is 0 Å². The van der Waals surface area contributed by atoms with Crippen molar-refractivity contribution >= 4 is 50.7 Å². The van der Waals surface area contributed by atoms with Crippen molar-refractivity contribution in [2.75, 3.05) is 87.2 Å². The number of carbonyl (C=O) groups excluding carboxylic acids is 2. The summed E-state index contributed by atoms with van der Waals surface area (Å²) in [5, 5.41) is 20.9. The maximum Gasteiger partial charge on any atom is 0.319 e. The molecule has 2 aliphatic carbocycles. The zero-order chi connectivity index (χ0) is 49.5. The molecule has 5 aromatic rings. The van der Waals surface area contributed by atoms with Crippen molar-refractivity contribution in [1.82, 2.24) is 35.4 Å². The highest BCUT2D eigenvalue weighted by molar-refractivity contribution is 6.02. The maximum atomic E-state index is 17.2. The Balaban J connectivity index is 0.664. The molecule has 3 atom stereocenters. The van der Waals surface area contributed by atoms with Gasteiger partial charge in [0.2, 0.25) is 11.8 Å². The number of benzene rings is 3. The Bertz CT molecular complexity index is 2920. The van der Waals surface area contributed by atoms with Crippen molar-refractivity contribution in [1.29, 1.82) is 0 Å². The van der Waals surface area contributed by atoms with Crippen LogP contribution in [0.25, 0.3) is 32.9 Å². The minimum Gasteiger partial charge on any atom is -0.508 e. The molecule has 12 rings (SSSR count). The number of ether oxygens (including phenoxy) is 1. The number of aromatic hydroxyl groups is 1. The van der Waals surface area contributed by atoms with Gasteiger partial charge >= 0.3 is 6.01 Å². The van der Waals surface area contributed by atoms with Crippen LogP contribution in [0.5, 0.6) is 11.8 Å². The summed E-state index contributed by atoms with van der Waals surface area (Å²) in [5.74, 6) is -2.39. The number of hydrogen-bond donors (Lipinski definition) is 4. The fourth-order valence-electron chi connectivity index (χ4n) is 13.1. The molecule has 5 saturated heterocycles. The molecule has 2 amide bonds. The van der Waals surface area contributed by atoms with Crippen LogP contribution in [0.15, 0.2) is 42.6 Å². The van der Waals surface area contributed by atoms with Gasteiger partial charge in [-0.25, -0.2) is 17.6 Å². The number of hydrogen-bond acceptors (Lipinski definition) is 13. The Morgan fingerprint density at radius 2 is 1.58 bits per heavy atom. The number of amides is 2. The number of pyridine rings is 1. The molecule has 2 aromatic heterocycles. The second-order valence-corrected chi connectivity index (χ2v) is 22.1. The molecule has 3 aromatic carbocycles. The third-order valence-electron chi connectivity index (χ3n) is 17.1. The molecule has 5 aliphatic heterocycles. The molecule has 0 radical (unpaired) electrons. The number of anilines is 3. The summed E-state index contributed by atoms with van der Waals surface area (Å²) in [4.78, 5) is 47.3. The number of aryl methyl sites for hydroxylation is 1. The van der Waals surface area contributed by atoms with Gasteiger partial charge in [-0.2, -0.15) is 9.97 Å². The van der Waals surface area contributed by atoms with Gasteiger partial charge in [0.25, 0.3) is 0 Å². The predicted octanol–water partition coefficient (Wildman–Crippen LogP) is 7.30. The van der Waals surface area contributed by atoms with E-state index in [1.165, 1.54) is 49.9 Å². The summed E-state index contributed by atoms with van der Waals surface area (Å²) in [6, 6.07) is 8.50. The number of carbonyl (C=O) groups is 2. The fraction of sp³-hybridized carbons (Fsp3) is 0.537. The van der Waals surface area contributed by atoms with E-state index in [1.54, 1.807) is 18.3 Å². The lowest BCUT2D eigenvalue weighted by molar-refractivity contribution is -0.133. The van der Waals surface area contributed by atoms with Gasteiger partial charge in [0.05, 0.1) is 12.0 Å². The van der Waals surface area contributed by atoms with Gasteiger partial charge in [0.15, 0.2) is 17.5 Å². The van der Waals surface area contributed by atoms with E-state index in [1.807, 2.05) is 11.8 Å². The van der Waals surface area contributed by atoms with Gasteiger partial charge in [-0.05, 0) is 135 Å². The van der Waals surface area contributed by atoms with E-state index >= 15 is 17.6 Å². The first-order valence-corrected chi connectivity index (χ1v) is 26.0. The third kappa shape index (κ3) is 9.05. The van der Waals surface area contributed by atoms with Gasteiger partial charge in [-0.1, -0.05) is 13.0 Å². The lowest BCUT2D eigenvalue weighted by Gasteiger charge is -2.54. The lowest BCUT2D eigenvalue weighted by Crippen LogP contribution is -2.53. The van der Waals surface area contributed by atoms with Crippen molar-refractivity contribution in [2.24, 2.45) is 16.7 Å². The molecule has 14 nitrogen and oxygen atoms in total. The number of nitrogens with zero attached hydrogens (tertiary/aromatic N) is 7. The molecule has 72 heavy (non-hydrogen) atoms. The number of piperazine rings is 2. The van der Waals surface area contributed by atoms with Gasteiger partial charge in [0.1, 0.15) is 40.3 Å². The van der Waals surface area contributed by atoms with Crippen LogP contribution in [0.2, 0.25) is 0 Å². The van der Waals surface area contributed by atoms with Gasteiger partial charge in [-0.3, -0.25) is 24.8 Å². The van der Waals surface area contributed by atoms with E-state index < -0.39 is 35.2 Å². The molecule has 7 heterocycles. The molecule has 4 N–H and O–H groups in total. The SMILES string of the molecule is CCc1c(F)ccc2cc(O)cc(-c3ncc4c(N5CC6CCC(C5)N6)nc(OCC5(CN6CCC7(CC6)CC(CN6CCN(c8cc(F)c(NC9CCC(=O)NC9=O)c(F)c8)CC6)C7)CC5)nc4c3F)c12. The third-order valence-corrected chi connectivity index (χ3v) is 17.1. The number of nitrogens with one attached hydrogen (secondary N) is 3.